The van der Waals surface area contributed by atoms with Gasteiger partial charge in [0.05, 0.1) is 0 Å². The Morgan fingerprint density at radius 1 is 0.195 bits per heavy atom. The monoisotopic (exact) mass is 595 g/mol. The molecule has 0 fully saturated rings. The lowest BCUT2D eigenvalue weighted by molar-refractivity contribution is 0.516. The molecule has 0 aromatic rings. The van der Waals surface area contributed by atoms with Crippen molar-refractivity contribution in [2.75, 3.05) is 11.5 Å². The first-order valence-electron chi connectivity index (χ1n) is 20.0. The van der Waals surface area contributed by atoms with Crippen LogP contribution in [0, 0.1) is 0 Å². The van der Waals surface area contributed by atoms with Gasteiger partial charge in [-0.05, 0) is 24.3 Å². The lowest BCUT2D eigenvalue weighted by atomic mass is 10.0. The Morgan fingerprint density at radius 2 is 0.341 bits per heavy atom. The maximum Gasteiger partial charge on any atom is -0.00675 e. The number of hydrogen-bond acceptors (Lipinski definition) is 1. The van der Waals surface area contributed by atoms with Gasteiger partial charge in [-0.25, -0.2) is 0 Å². The van der Waals surface area contributed by atoms with E-state index >= 15 is 0 Å². The predicted octanol–water partition coefficient (Wildman–Crippen LogP) is 15.8. The normalized spacial score (nSPS) is 11.6. The van der Waals surface area contributed by atoms with E-state index in [9.17, 15) is 0 Å². The first-order valence-corrected chi connectivity index (χ1v) is 21.1. The Morgan fingerprint density at radius 3 is 0.512 bits per heavy atom. The molecule has 0 nitrogen and oxygen atoms in total. The van der Waals surface area contributed by atoms with Crippen molar-refractivity contribution in [1.82, 2.24) is 0 Å². The summed E-state index contributed by atoms with van der Waals surface area (Å²) in [6, 6.07) is 0. The van der Waals surface area contributed by atoms with Gasteiger partial charge in [0.25, 0.3) is 0 Å². The molecule has 0 amide bonds. The van der Waals surface area contributed by atoms with Gasteiger partial charge in [0, 0.05) is 0 Å². The Bertz CT molecular complexity index is 381. The zero-order chi connectivity index (χ0) is 29.6. The highest BCUT2D eigenvalue weighted by Gasteiger charge is 1.97. The zero-order valence-electron chi connectivity index (χ0n) is 29.3. The van der Waals surface area contributed by atoms with Crippen LogP contribution in [0.5, 0.6) is 0 Å². The summed E-state index contributed by atoms with van der Waals surface area (Å²) in [5, 5.41) is 0. The van der Waals surface area contributed by atoms with Crippen molar-refractivity contribution in [1.29, 1.82) is 0 Å². The minimum atomic E-state index is 1.37. The van der Waals surface area contributed by atoms with Crippen molar-refractivity contribution in [2.45, 2.75) is 245 Å². The highest BCUT2D eigenvalue weighted by Crippen LogP contribution is 2.17. The van der Waals surface area contributed by atoms with Crippen LogP contribution in [-0.4, -0.2) is 11.5 Å². The van der Waals surface area contributed by atoms with E-state index in [0.717, 1.165) is 0 Å². The summed E-state index contributed by atoms with van der Waals surface area (Å²) in [5.41, 5.74) is 0. The molecule has 0 aliphatic carbocycles. The van der Waals surface area contributed by atoms with Crippen molar-refractivity contribution in [2.24, 2.45) is 0 Å². The van der Waals surface area contributed by atoms with Crippen LogP contribution in [0.2, 0.25) is 0 Å². The van der Waals surface area contributed by atoms with Gasteiger partial charge in [-0.3, -0.25) is 0 Å². The summed E-state index contributed by atoms with van der Waals surface area (Å²) in [6.07, 6.45) is 53.2. The first-order chi connectivity index (χ1) is 20.4. The Balaban J connectivity index is 3.02. The van der Waals surface area contributed by atoms with E-state index in [1.807, 2.05) is 0 Å². The molecule has 0 aliphatic rings. The van der Waals surface area contributed by atoms with Crippen molar-refractivity contribution in [3.05, 3.63) is 0 Å². The molecule has 0 heterocycles. The lowest BCUT2D eigenvalue weighted by Gasteiger charge is -2.05. The molecule has 0 aromatic heterocycles. The van der Waals surface area contributed by atoms with Gasteiger partial charge in [-0.15, -0.1) is 0 Å². The van der Waals surface area contributed by atoms with Gasteiger partial charge >= 0.3 is 0 Å². The van der Waals surface area contributed by atoms with Crippen LogP contribution in [0.15, 0.2) is 0 Å². The van der Waals surface area contributed by atoms with Crippen LogP contribution < -0.4 is 0 Å². The average Bonchev–Trinajstić information content (AvgIpc) is 2.98. The van der Waals surface area contributed by atoms with Crippen LogP contribution in [0.3, 0.4) is 0 Å². The zero-order valence-corrected chi connectivity index (χ0v) is 30.1. The number of rotatable bonds is 38. The van der Waals surface area contributed by atoms with E-state index in [2.05, 4.69) is 25.6 Å². The number of thioether (sulfide) groups is 1. The molecule has 0 saturated heterocycles. The summed E-state index contributed by atoms with van der Waals surface area (Å²) in [6.45, 7) is 4.62. The van der Waals surface area contributed by atoms with E-state index in [0.29, 0.717) is 0 Å². The van der Waals surface area contributed by atoms with Crippen molar-refractivity contribution >= 4 is 11.8 Å². The first kappa shape index (κ1) is 41.4. The van der Waals surface area contributed by atoms with E-state index in [4.69, 9.17) is 0 Å². The fraction of sp³-hybridized carbons (Fsp3) is 1.00. The number of hydrogen-bond donors (Lipinski definition) is 0. The Kier molecular flexibility index (Phi) is 40.7. The molecule has 0 bridgehead atoms. The fourth-order valence-corrected chi connectivity index (χ4v) is 7.33. The van der Waals surface area contributed by atoms with Crippen molar-refractivity contribution in [3.8, 4) is 0 Å². The molecule has 41 heavy (non-hydrogen) atoms. The Hall–Kier alpha value is 0.350. The van der Waals surface area contributed by atoms with E-state index in [1.54, 1.807) is 0 Å². The summed E-state index contributed by atoms with van der Waals surface area (Å²) in [7, 11) is 0. The fourth-order valence-electron chi connectivity index (χ4n) is 6.31. The van der Waals surface area contributed by atoms with Crippen LogP contribution in [0.1, 0.15) is 245 Å². The van der Waals surface area contributed by atoms with Gasteiger partial charge in [-0.1, -0.05) is 232 Å². The minimum Gasteiger partial charge on any atom is -0.162 e. The summed E-state index contributed by atoms with van der Waals surface area (Å²) in [5.74, 6) is 2.83. The van der Waals surface area contributed by atoms with Crippen LogP contribution in [0.25, 0.3) is 0 Å². The predicted molar refractivity (Wildman–Crippen MR) is 195 cm³/mol. The highest BCUT2D eigenvalue weighted by molar-refractivity contribution is 7.99. The smallest absolute Gasteiger partial charge is 0.00675 e. The molecule has 0 unspecified atom stereocenters. The van der Waals surface area contributed by atoms with Crippen molar-refractivity contribution < 1.29 is 0 Å². The minimum absolute atomic E-state index is 1.37. The van der Waals surface area contributed by atoms with Crippen molar-refractivity contribution in [3.63, 3.8) is 0 Å². The van der Waals surface area contributed by atoms with E-state index in [-0.39, 0.29) is 0 Å². The van der Waals surface area contributed by atoms with Crippen LogP contribution in [-0.2, 0) is 0 Å². The molecule has 0 rings (SSSR count). The second kappa shape index (κ2) is 40.4. The Labute approximate surface area is 267 Å². The van der Waals surface area contributed by atoms with Gasteiger partial charge in [-0.2, -0.15) is 11.8 Å². The van der Waals surface area contributed by atoms with Gasteiger partial charge in [0.2, 0.25) is 0 Å². The number of unbranched alkanes of at least 4 members (excludes halogenated alkanes) is 34. The third-order valence-electron chi connectivity index (χ3n) is 9.28. The maximum absolute atomic E-state index is 2.31. The van der Waals surface area contributed by atoms with Gasteiger partial charge in [0.15, 0.2) is 0 Å². The molecule has 0 saturated carbocycles. The topological polar surface area (TPSA) is 0 Å². The van der Waals surface area contributed by atoms with Gasteiger partial charge < -0.3 is 0 Å². The third kappa shape index (κ3) is 40.4. The lowest BCUT2D eigenvalue weighted by Crippen LogP contribution is -1.87. The molecule has 1 heteroatoms. The highest BCUT2D eigenvalue weighted by atomic mass is 32.2. The van der Waals surface area contributed by atoms with Crippen LogP contribution >= 0.6 is 11.8 Å². The molecule has 0 spiro atoms. The van der Waals surface area contributed by atoms with Crippen LogP contribution in [0.4, 0.5) is 0 Å². The second-order valence-electron chi connectivity index (χ2n) is 13.6. The average molecular weight is 595 g/mol. The summed E-state index contributed by atoms with van der Waals surface area (Å²) < 4.78 is 0. The third-order valence-corrected chi connectivity index (χ3v) is 10.4. The SMILES string of the molecule is CCCCCCCCCCCCCCCCCCCCCCCCCCCCSCCCCCCCCCCCC. The molecule has 0 N–H and O–H groups in total. The molecule has 0 radical (unpaired) electrons. The second-order valence-corrected chi connectivity index (χ2v) is 14.9. The standard InChI is InChI=1S/C40H82S/c1-3-5-7-9-11-13-15-16-17-18-19-20-21-22-23-24-25-26-27-28-29-30-32-34-36-38-40-41-39-37-35-33-31-14-12-10-8-6-4-2/h3-40H2,1-2H3. The quantitative estimate of drug-likeness (QED) is 0.0641. The van der Waals surface area contributed by atoms with E-state index < -0.39 is 0 Å². The molecule has 0 aromatic carbocycles. The molecular formula is C40H82S. The summed E-state index contributed by atoms with van der Waals surface area (Å²) in [4.78, 5) is 0. The summed E-state index contributed by atoms with van der Waals surface area (Å²) >= 11 is 2.22. The van der Waals surface area contributed by atoms with E-state index in [1.165, 1.54) is 243 Å². The molecule has 248 valence electrons. The maximum atomic E-state index is 2.31. The van der Waals surface area contributed by atoms with Gasteiger partial charge in [0.1, 0.15) is 0 Å². The largest absolute Gasteiger partial charge is 0.162 e. The molecular weight excluding hydrogens is 513 g/mol. The molecule has 0 atom stereocenters. The molecule has 0 aliphatic heterocycles.